The van der Waals surface area contributed by atoms with Crippen molar-refractivity contribution in [3.05, 3.63) is 11.7 Å². The lowest BCUT2D eigenvalue weighted by molar-refractivity contribution is -0.121. The number of carbonyl (C=O) groups is 1. The van der Waals surface area contributed by atoms with Crippen LogP contribution < -0.4 is 5.32 Å². The minimum Gasteiger partial charge on any atom is -0.396 e. The van der Waals surface area contributed by atoms with Crippen LogP contribution in [0.1, 0.15) is 32.0 Å². The van der Waals surface area contributed by atoms with Crippen LogP contribution in [0.4, 0.5) is 0 Å². The van der Waals surface area contributed by atoms with Crippen LogP contribution in [-0.2, 0) is 11.2 Å². The molecule has 0 spiro atoms. The van der Waals surface area contributed by atoms with Gasteiger partial charge < -0.3 is 14.9 Å². The average Bonchev–Trinajstić information content (AvgIpc) is 2.70. The van der Waals surface area contributed by atoms with Gasteiger partial charge in [0.05, 0.1) is 0 Å². The fourth-order valence-electron chi connectivity index (χ4n) is 1.14. The number of nitrogens with one attached hydrogen (secondary N) is 1. The highest BCUT2D eigenvalue weighted by molar-refractivity contribution is 5.76. The third-order valence-corrected chi connectivity index (χ3v) is 2.33. The van der Waals surface area contributed by atoms with E-state index in [9.17, 15) is 4.79 Å². The van der Waals surface area contributed by atoms with Gasteiger partial charge in [-0.2, -0.15) is 4.98 Å². The molecule has 1 rings (SSSR count). The Morgan fingerprint density at radius 3 is 2.76 bits per heavy atom. The lowest BCUT2D eigenvalue weighted by Crippen LogP contribution is -2.36. The molecule has 0 fully saturated rings. The van der Waals surface area contributed by atoms with Crippen molar-refractivity contribution in [2.24, 2.45) is 5.41 Å². The summed E-state index contributed by atoms with van der Waals surface area (Å²) in [6.45, 7) is 5.99. The fourth-order valence-corrected chi connectivity index (χ4v) is 1.14. The Labute approximate surface area is 100 Å². The van der Waals surface area contributed by atoms with Crippen molar-refractivity contribution in [3.63, 3.8) is 0 Å². The maximum Gasteiger partial charge on any atom is 0.227 e. The summed E-state index contributed by atoms with van der Waals surface area (Å²) in [5.74, 6) is 0.961. The Kier molecular flexibility index (Phi) is 4.62. The van der Waals surface area contributed by atoms with Crippen LogP contribution in [0.15, 0.2) is 4.52 Å². The van der Waals surface area contributed by atoms with E-state index >= 15 is 0 Å². The van der Waals surface area contributed by atoms with E-state index in [4.69, 9.17) is 9.63 Å². The van der Waals surface area contributed by atoms with E-state index in [1.807, 2.05) is 13.8 Å². The van der Waals surface area contributed by atoms with E-state index in [1.54, 1.807) is 6.92 Å². The summed E-state index contributed by atoms with van der Waals surface area (Å²) in [5.41, 5.74) is -0.295. The van der Waals surface area contributed by atoms with Crippen LogP contribution in [0.5, 0.6) is 0 Å². The van der Waals surface area contributed by atoms with Crippen molar-refractivity contribution in [3.8, 4) is 0 Å². The van der Waals surface area contributed by atoms with Crippen molar-refractivity contribution >= 4 is 5.91 Å². The van der Waals surface area contributed by atoms with Gasteiger partial charge in [0.15, 0.2) is 5.82 Å². The largest absolute Gasteiger partial charge is 0.396 e. The zero-order valence-electron chi connectivity index (χ0n) is 10.5. The van der Waals surface area contributed by atoms with E-state index in [1.165, 1.54) is 0 Å². The second-order valence-electron chi connectivity index (χ2n) is 4.83. The van der Waals surface area contributed by atoms with Gasteiger partial charge in [-0.25, -0.2) is 0 Å². The first-order valence-corrected chi connectivity index (χ1v) is 5.60. The summed E-state index contributed by atoms with van der Waals surface area (Å²) >= 11 is 0. The molecule has 0 unspecified atom stereocenters. The van der Waals surface area contributed by atoms with E-state index < -0.39 is 0 Å². The van der Waals surface area contributed by atoms with Crippen molar-refractivity contribution < 1.29 is 14.4 Å². The zero-order valence-corrected chi connectivity index (χ0v) is 10.5. The Hall–Kier alpha value is -1.43. The zero-order chi connectivity index (χ0) is 12.9. The van der Waals surface area contributed by atoms with E-state index in [0.717, 1.165) is 0 Å². The molecule has 96 valence electrons. The highest BCUT2D eigenvalue weighted by atomic mass is 16.5. The fraction of sp³-hybridized carbons (Fsp3) is 0.727. The molecule has 6 nitrogen and oxygen atoms in total. The maximum absolute atomic E-state index is 11.5. The molecule has 0 saturated heterocycles. The molecule has 17 heavy (non-hydrogen) atoms. The van der Waals surface area contributed by atoms with Crippen molar-refractivity contribution in [2.45, 2.75) is 33.6 Å². The van der Waals surface area contributed by atoms with Gasteiger partial charge in [0.1, 0.15) is 0 Å². The number of carbonyl (C=O) groups excluding carboxylic acids is 1. The van der Waals surface area contributed by atoms with Crippen LogP contribution in [-0.4, -0.2) is 34.3 Å². The van der Waals surface area contributed by atoms with Gasteiger partial charge in [-0.1, -0.05) is 19.0 Å². The molecule has 0 atom stereocenters. The summed E-state index contributed by atoms with van der Waals surface area (Å²) in [4.78, 5) is 15.5. The first-order chi connectivity index (χ1) is 7.93. The Morgan fingerprint density at radius 2 is 2.24 bits per heavy atom. The van der Waals surface area contributed by atoms with Crippen LogP contribution in [0.2, 0.25) is 0 Å². The molecule has 0 aliphatic carbocycles. The first-order valence-electron chi connectivity index (χ1n) is 5.60. The summed E-state index contributed by atoms with van der Waals surface area (Å²) in [5, 5.41) is 15.4. The number of aryl methyl sites for hydroxylation is 2. The Balaban J connectivity index is 2.26. The lowest BCUT2D eigenvalue weighted by atomic mass is 9.95. The first kappa shape index (κ1) is 13.6. The van der Waals surface area contributed by atoms with Crippen LogP contribution >= 0.6 is 0 Å². The van der Waals surface area contributed by atoms with Gasteiger partial charge in [-0.15, -0.1) is 0 Å². The SMILES string of the molecule is Cc1noc(CCC(=O)NCC(C)(C)CO)n1. The monoisotopic (exact) mass is 241 g/mol. The summed E-state index contributed by atoms with van der Waals surface area (Å²) in [7, 11) is 0. The van der Waals surface area contributed by atoms with Gasteiger partial charge in [-0.3, -0.25) is 4.79 Å². The Bertz CT molecular complexity index is 374. The summed E-state index contributed by atoms with van der Waals surface area (Å²) in [6, 6.07) is 0. The number of nitrogens with zero attached hydrogens (tertiary/aromatic N) is 2. The smallest absolute Gasteiger partial charge is 0.227 e. The van der Waals surface area contributed by atoms with Gasteiger partial charge in [0.25, 0.3) is 0 Å². The molecular weight excluding hydrogens is 222 g/mol. The molecule has 0 aliphatic rings. The third kappa shape index (κ3) is 4.95. The van der Waals surface area contributed by atoms with Crippen molar-refractivity contribution in [2.75, 3.05) is 13.2 Å². The maximum atomic E-state index is 11.5. The van der Waals surface area contributed by atoms with Crippen LogP contribution in [0.25, 0.3) is 0 Å². The molecule has 0 saturated carbocycles. The molecule has 0 radical (unpaired) electrons. The number of amides is 1. The second kappa shape index (κ2) is 5.77. The standard InChI is InChI=1S/C11H19N3O3/c1-8-13-10(17-14-8)5-4-9(16)12-6-11(2,3)7-15/h15H,4-7H2,1-3H3,(H,12,16). The second-order valence-corrected chi connectivity index (χ2v) is 4.83. The van der Waals surface area contributed by atoms with Gasteiger partial charge in [0.2, 0.25) is 11.8 Å². The molecule has 2 N–H and O–H groups in total. The number of rotatable bonds is 6. The predicted octanol–water partition coefficient (Wildman–Crippen LogP) is 0.445. The molecule has 6 heteroatoms. The molecular formula is C11H19N3O3. The number of aliphatic hydroxyl groups is 1. The molecule has 0 bridgehead atoms. The molecule has 0 aromatic carbocycles. The van der Waals surface area contributed by atoms with Crippen molar-refractivity contribution in [1.82, 2.24) is 15.5 Å². The number of hydrogen-bond donors (Lipinski definition) is 2. The molecule has 1 aromatic rings. The molecule has 1 heterocycles. The number of aliphatic hydroxyl groups excluding tert-OH is 1. The van der Waals surface area contributed by atoms with Gasteiger partial charge >= 0.3 is 0 Å². The highest BCUT2D eigenvalue weighted by Crippen LogP contribution is 2.11. The average molecular weight is 241 g/mol. The van der Waals surface area contributed by atoms with E-state index in [2.05, 4.69) is 15.5 Å². The topological polar surface area (TPSA) is 88.2 Å². The third-order valence-electron chi connectivity index (χ3n) is 2.33. The summed E-state index contributed by atoms with van der Waals surface area (Å²) in [6.07, 6.45) is 0.745. The predicted molar refractivity (Wildman–Crippen MR) is 61.2 cm³/mol. The minimum absolute atomic E-state index is 0.0378. The highest BCUT2D eigenvalue weighted by Gasteiger charge is 2.17. The van der Waals surface area contributed by atoms with Gasteiger partial charge in [0, 0.05) is 31.4 Å². The molecule has 1 amide bonds. The minimum atomic E-state index is -0.295. The lowest BCUT2D eigenvalue weighted by Gasteiger charge is -2.21. The van der Waals surface area contributed by atoms with E-state index in [-0.39, 0.29) is 17.9 Å². The normalized spacial score (nSPS) is 11.5. The van der Waals surface area contributed by atoms with Gasteiger partial charge in [-0.05, 0) is 6.92 Å². The summed E-state index contributed by atoms with van der Waals surface area (Å²) < 4.78 is 4.90. The Morgan fingerprint density at radius 1 is 1.53 bits per heavy atom. The molecule has 0 aliphatic heterocycles. The quantitative estimate of drug-likeness (QED) is 0.754. The number of hydrogen-bond acceptors (Lipinski definition) is 5. The van der Waals surface area contributed by atoms with Crippen molar-refractivity contribution in [1.29, 1.82) is 0 Å². The van der Waals surface area contributed by atoms with Crippen LogP contribution in [0, 0.1) is 12.3 Å². The van der Waals surface area contributed by atoms with E-state index in [0.29, 0.717) is 31.1 Å². The number of aromatic nitrogens is 2. The van der Waals surface area contributed by atoms with Crippen LogP contribution in [0.3, 0.4) is 0 Å². The molecule has 1 aromatic heterocycles.